The molecule has 0 aliphatic carbocycles. The topological polar surface area (TPSA) is 37.5 Å². The van der Waals surface area contributed by atoms with Gasteiger partial charge >= 0.3 is 0 Å². The van der Waals surface area contributed by atoms with Gasteiger partial charge in [-0.05, 0) is 36.8 Å². The molecule has 1 aliphatic rings. The van der Waals surface area contributed by atoms with Crippen molar-refractivity contribution in [3.63, 3.8) is 0 Å². The predicted molar refractivity (Wildman–Crippen MR) is 107 cm³/mol. The molecule has 0 bridgehead atoms. The lowest BCUT2D eigenvalue weighted by Crippen LogP contribution is -2.50. The van der Waals surface area contributed by atoms with Crippen LogP contribution in [-0.2, 0) is 5.66 Å². The fourth-order valence-corrected chi connectivity index (χ4v) is 3.23. The first-order valence-electron chi connectivity index (χ1n) is 8.05. The summed E-state index contributed by atoms with van der Waals surface area (Å²) in [4.78, 5) is 3.34. The standard InChI is InChI=1S/C19H21N5.BrH/c1-19(16-10-5-3-6-11-16)22(2)21-24(17-12-7-4-8-13-17)23(19)18-14-9-15-20-18;/h3-15,20-21H,1-2H3;1H. The van der Waals surface area contributed by atoms with Crippen LogP contribution in [0.4, 0.5) is 11.5 Å². The van der Waals surface area contributed by atoms with Crippen molar-refractivity contribution in [1.29, 1.82) is 0 Å². The third kappa shape index (κ3) is 2.82. The summed E-state index contributed by atoms with van der Waals surface area (Å²) in [5.74, 6) is 1.02. The second-order valence-corrected chi connectivity index (χ2v) is 6.06. The molecule has 1 unspecified atom stereocenters. The molecule has 1 aliphatic heterocycles. The first kappa shape index (κ1) is 17.5. The zero-order valence-corrected chi connectivity index (χ0v) is 16.0. The number of para-hydroxylation sites is 1. The predicted octanol–water partition coefficient (Wildman–Crippen LogP) is 4.06. The summed E-state index contributed by atoms with van der Waals surface area (Å²) in [7, 11) is 2.06. The third-order valence-electron chi connectivity index (χ3n) is 4.64. The number of aromatic nitrogens is 1. The van der Waals surface area contributed by atoms with E-state index < -0.39 is 0 Å². The van der Waals surface area contributed by atoms with Gasteiger partial charge in [-0.25, -0.2) is 5.01 Å². The van der Waals surface area contributed by atoms with Crippen LogP contribution in [-0.4, -0.2) is 17.0 Å². The van der Waals surface area contributed by atoms with E-state index in [1.807, 2.05) is 36.5 Å². The lowest BCUT2D eigenvalue weighted by Gasteiger charge is -2.39. The molecule has 130 valence electrons. The van der Waals surface area contributed by atoms with Crippen molar-refractivity contribution in [3.8, 4) is 0 Å². The van der Waals surface area contributed by atoms with Crippen LogP contribution in [0.1, 0.15) is 12.5 Å². The van der Waals surface area contributed by atoms with Gasteiger partial charge in [0.2, 0.25) is 0 Å². The number of benzene rings is 2. The van der Waals surface area contributed by atoms with E-state index in [4.69, 9.17) is 0 Å². The number of rotatable bonds is 3. The number of halogens is 1. The quantitative estimate of drug-likeness (QED) is 0.696. The Bertz CT molecular complexity index is 793. The molecule has 5 nitrogen and oxygen atoms in total. The smallest absolute Gasteiger partial charge is 0.153 e. The van der Waals surface area contributed by atoms with Crippen LogP contribution in [0.3, 0.4) is 0 Å². The van der Waals surface area contributed by atoms with Crippen LogP contribution in [0, 0.1) is 0 Å². The first-order chi connectivity index (χ1) is 11.7. The molecule has 1 fully saturated rings. The molecule has 2 aromatic carbocycles. The molecule has 0 amide bonds. The highest BCUT2D eigenvalue weighted by Crippen LogP contribution is 2.40. The molecule has 0 radical (unpaired) electrons. The van der Waals surface area contributed by atoms with Gasteiger partial charge in [-0.3, -0.25) is 0 Å². The van der Waals surface area contributed by atoms with Crippen molar-refractivity contribution in [2.75, 3.05) is 17.2 Å². The Labute approximate surface area is 158 Å². The van der Waals surface area contributed by atoms with Gasteiger partial charge < -0.3 is 4.98 Å². The van der Waals surface area contributed by atoms with E-state index in [0.29, 0.717) is 0 Å². The number of hydrazine groups is 3. The molecule has 3 aromatic rings. The van der Waals surface area contributed by atoms with Crippen molar-refractivity contribution in [2.24, 2.45) is 0 Å². The van der Waals surface area contributed by atoms with Crippen LogP contribution in [0.25, 0.3) is 0 Å². The molecular formula is C19H22BrN5. The van der Waals surface area contributed by atoms with E-state index >= 15 is 0 Å². The molecule has 4 rings (SSSR count). The summed E-state index contributed by atoms with van der Waals surface area (Å²) in [5, 5.41) is 6.42. The van der Waals surface area contributed by atoms with E-state index in [1.54, 1.807) is 0 Å². The van der Waals surface area contributed by atoms with Crippen molar-refractivity contribution >= 4 is 28.5 Å². The summed E-state index contributed by atoms with van der Waals surface area (Å²) < 4.78 is 0. The van der Waals surface area contributed by atoms with Crippen molar-refractivity contribution in [2.45, 2.75) is 12.6 Å². The lowest BCUT2D eigenvalue weighted by molar-refractivity contribution is 0.144. The van der Waals surface area contributed by atoms with Gasteiger partial charge in [0.1, 0.15) is 5.82 Å². The minimum atomic E-state index is -0.387. The Kier molecular flexibility index (Phi) is 4.85. The summed E-state index contributed by atoms with van der Waals surface area (Å²) in [6, 6.07) is 24.9. The van der Waals surface area contributed by atoms with Crippen LogP contribution in [0.15, 0.2) is 79.0 Å². The summed E-state index contributed by atoms with van der Waals surface area (Å²) in [5.41, 5.74) is 5.35. The SMILES string of the molecule is Br.CN1NN(c2ccccc2)N(c2ccc[nH]2)C1(C)c1ccccc1. The van der Waals surface area contributed by atoms with Gasteiger partial charge in [-0.1, -0.05) is 48.5 Å². The van der Waals surface area contributed by atoms with Gasteiger partial charge in [-0.2, -0.15) is 10.1 Å². The average Bonchev–Trinajstić information content (AvgIpc) is 3.24. The Balaban J connectivity index is 0.00000182. The van der Waals surface area contributed by atoms with E-state index in [0.717, 1.165) is 11.5 Å². The molecule has 25 heavy (non-hydrogen) atoms. The minimum absolute atomic E-state index is 0. The second-order valence-electron chi connectivity index (χ2n) is 6.06. The number of H-pyrrole nitrogens is 1. The number of aromatic amines is 1. The fraction of sp³-hybridized carbons (Fsp3) is 0.158. The summed E-state index contributed by atoms with van der Waals surface area (Å²) >= 11 is 0. The van der Waals surface area contributed by atoms with Crippen LogP contribution in [0.5, 0.6) is 0 Å². The van der Waals surface area contributed by atoms with Gasteiger partial charge in [0.05, 0.1) is 5.69 Å². The summed E-state index contributed by atoms with van der Waals surface area (Å²) in [6.07, 6.45) is 1.95. The monoisotopic (exact) mass is 399 g/mol. The largest absolute Gasteiger partial charge is 0.347 e. The lowest BCUT2D eigenvalue weighted by atomic mass is 10.0. The number of hydrogen-bond donors (Lipinski definition) is 2. The Morgan fingerprint density at radius 2 is 1.48 bits per heavy atom. The molecule has 0 spiro atoms. The highest BCUT2D eigenvalue weighted by Gasteiger charge is 2.48. The second kappa shape index (κ2) is 6.92. The Morgan fingerprint density at radius 1 is 0.840 bits per heavy atom. The average molecular weight is 400 g/mol. The zero-order chi connectivity index (χ0) is 16.6. The maximum Gasteiger partial charge on any atom is 0.153 e. The highest BCUT2D eigenvalue weighted by molar-refractivity contribution is 8.93. The Hall–Kier alpha value is -2.28. The van der Waals surface area contributed by atoms with Crippen LogP contribution in [0.2, 0.25) is 0 Å². The number of nitrogens with zero attached hydrogens (tertiary/aromatic N) is 3. The molecule has 2 N–H and O–H groups in total. The van der Waals surface area contributed by atoms with Crippen molar-refractivity contribution in [3.05, 3.63) is 84.6 Å². The van der Waals surface area contributed by atoms with E-state index in [9.17, 15) is 0 Å². The molecule has 6 heteroatoms. The number of nitrogens with one attached hydrogen (secondary N) is 2. The van der Waals surface area contributed by atoms with Gasteiger partial charge in [0, 0.05) is 13.2 Å². The van der Waals surface area contributed by atoms with Gasteiger partial charge in [-0.15, -0.1) is 22.5 Å². The maximum atomic E-state index is 3.47. The fourth-order valence-electron chi connectivity index (χ4n) is 3.23. The van der Waals surface area contributed by atoms with Crippen molar-refractivity contribution < 1.29 is 0 Å². The molecule has 1 saturated heterocycles. The van der Waals surface area contributed by atoms with Crippen LogP contribution >= 0.6 is 17.0 Å². The zero-order valence-electron chi connectivity index (χ0n) is 14.3. The molecule has 2 heterocycles. The molecule has 1 atom stereocenters. The third-order valence-corrected chi connectivity index (χ3v) is 4.64. The Morgan fingerprint density at radius 3 is 2.08 bits per heavy atom. The van der Waals surface area contributed by atoms with Gasteiger partial charge in [0.15, 0.2) is 5.66 Å². The summed E-state index contributed by atoms with van der Waals surface area (Å²) in [6.45, 7) is 2.21. The minimum Gasteiger partial charge on any atom is -0.347 e. The van der Waals surface area contributed by atoms with E-state index in [2.05, 4.69) is 82.1 Å². The molecular weight excluding hydrogens is 378 g/mol. The van der Waals surface area contributed by atoms with Gasteiger partial charge in [0.25, 0.3) is 0 Å². The van der Waals surface area contributed by atoms with E-state index in [1.165, 1.54) is 5.56 Å². The van der Waals surface area contributed by atoms with Crippen molar-refractivity contribution in [1.82, 2.24) is 15.5 Å². The first-order valence-corrected chi connectivity index (χ1v) is 8.05. The van der Waals surface area contributed by atoms with E-state index in [-0.39, 0.29) is 22.6 Å². The highest BCUT2D eigenvalue weighted by atomic mass is 79.9. The molecule has 0 saturated carbocycles. The maximum absolute atomic E-state index is 3.47. The number of hydrogen-bond acceptors (Lipinski definition) is 4. The number of anilines is 2. The molecule has 1 aromatic heterocycles. The van der Waals surface area contributed by atoms with Crippen LogP contribution < -0.4 is 15.7 Å². The normalized spacial score (nSPS) is 20.6.